The van der Waals surface area contributed by atoms with Crippen molar-refractivity contribution < 1.29 is 4.79 Å². The number of thiophene rings is 1. The predicted octanol–water partition coefficient (Wildman–Crippen LogP) is 1.54. The molecule has 20 heavy (non-hydrogen) atoms. The van der Waals surface area contributed by atoms with Gasteiger partial charge >= 0.3 is 0 Å². The van der Waals surface area contributed by atoms with Crippen LogP contribution in [0.25, 0.3) is 0 Å². The Labute approximate surface area is 122 Å². The highest BCUT2D eigenvalue weighted by Gasteiger charge is 2.19. The predicted molar refractivity (Wildman–Crippen MR) is 80.5 cm³/mol. The quantitative estimate of drug-likeness (QED) is 0.878. The molecule has 0 radical (unpaired) electrons. The van der Waals surface area contributed by atoms with Crippen LogP contribution in [0.3, 0.4) is 0 Å². The Morgan fingerprint density at radius 1 is 1.55 bits per heavy atom. The maximum atomic E-state index is 12.1. The van der Waals surface area contributed by atoms with E-state index in [0.717, 1.165) is 12.0 Å². The van der Waals surface area contributed by atoms with Gasteiger partial charge in [-0.25, -0.2) is 0 Å². The number of rotatable bonds is 5. The van der Waals surface area contributed by atoms with E-state index in [9.17, 15) is 4.79 Å². The van der Waals surface area contributed by atoms with Crippen molar-refractivity contribution in [1.82, 2.24) is 15.1 Å². The molecule has 0 spiro atoms. The van der Waals surface area contributed by atoms with Crippen molar-refractivity contribution in [3.8, 4) is 0 Å². The van der Waals surface area contributed by atoms with Crippen LogP contribution in [-0.4, -0.2) is 21.7 Å². The Balaban J connectivity index is 1.90. The lowest BCUT2D eigenvalue weighted by Gasteiger charge is -2.16. The van der Waals surface area contributed by atoms with Gasteiger partial charge in [0.05, 0.1) is 6.20 Å². The summed E-state index contributed by atoms with van der Waals surface area (Å²) in [7, 11) is 1.80. The standard InChI is InChI=1S/C14H20N4OS/c1-9(6-12-5-4-10(2)20-12)17-14(19)13(15)11-7-16-18(3)8-11/h4-5,7-9,13H,6,15H2,1-3H3,(H,17,19). The smallest absolute Gasteiger partial charge is 0.241 e. The second kappa shape index (κ2) is 6.19. The Morgan fingerprint density at radius 2 is 2.30 bits per heavy atom. The van der Waals surface area contributed by atoms with Gasteiger partial charge in [-0.05, 0) is 26.0 Å². The number of hydrogen-bond donors (Lipinski definition) is 2. The van der Waals surface area contributed by atoms with E-state index in [0.29, 0.717) is 0 Å². The Kier molecular flexibility index (Phi) is 4.57. The van der Waals surface area contributed by atoms with Crippen molar-refractivity contribution in [3.63, 3.8) is 0 Å². The number of amides is 1. The lowest BCUT2D eigenvalue weighted by molar-refractivity contribution is -0.123. The van der Waals surface area contributed by atoms with Gasteiger partial charge in [0.25, 0.3) is 0 Å². The van der Waals surface area contributed by atoms with E-state index in [2.05, 4.69) is 29.5 Å². The van der Waals surface area contributed by atoms with Crippen LogP contribution in [-0.2, 0) is 18.3 Å². The van der Waals surface area contributed by atoms with E-state index in [1.165, 1.54) is 9.75 Å². The Hall–Kier alpha value is -1.66. The monoisotopic (exact) mass is 292 g/mol. The van der Waals surface area contributed by atoms with E-state index in [-0.39, 0.29) is 11.9 Å². The molecule has 0 aliphatic heterocycles. The first kappa shape index (κ1) is 14.7. The van der Waals surface area contributed by atoms with Gasteiger partial charge in [-0.15, -0.1) is 11.3 Å². The van der Waals surface area contributed by atoms with Crippen LogP contribution in [0.2, 0.25) is 0 Å². The molecule has 2 aromatic rings. The SMILES string of the molecule is Cc1ccc(CC(C)NC(=O)C(N)c2cnn(C)c2)s1. The van der Waals surface area contributed by atoms with Gasteiger partial charge in [0.1, 0.15) is 6.04 Å². The van der Waals surface area contributed by atoms with Gasteiger partial charge in [0, 0.05) is 41.0 Å². The zero-order valence-corrected chi connectivity index (χ0v) is 12.8. The number of aryl methyl sites for hydroxylation is 2. The number of nitrogens with zero attached hydrogens (tertiary/aromatic N) is 2. The lowest BCUT2D eigenvalue weighted by Crippen LogP contribution is -2.40. The number of carbonyl (C=O) groups excluding carboxylic acids is 1. The molecule has 5 nitrogen and oxygen atoms in total. The van der Waals surface area contributed by atoms with Gasteiger partial charge in [-0.1, -0.05) is 0 Å². The lowest BCUT2D eigenvalue weighted by atomic mass is 10.1. The van der Waals surface area contributed by atoms with E-state index < -0.39 is 6.04 Å². The topological polar surface area (TPSA) is 72.9 Å². The van der Waals surface area contributed by atoms with Crippen molar-refractivity contribution >= 4 is 17.2 Å². The fourth-order valence-corrected chi connectivity index (χ4v) is 3.05. The first-order valence-corrected chi connectivity index (χ1v) is 7.37. The molecule has 0 aromatic carbocycles. The summed E-state index contributed by atoms with van der Waals surface area (Å²) in [6, 6.07) is 3.58. The molecule has 3 N–H and O–H groups in total. The molecule has 0 aliphatic rings. The number of nitrogens with one attached hydrogen (secondary N) is 1. The maximum absolute atomic E-state index is 12.1. The van der Waals surface area contributed by atoms with Crippen molar-refractivity contribution in [2.75, 3.05) is 0 Å². The third-order valence-corrected chi connectivity index (χ3v) is 4.08. The van der Waals surface area contributed by atoms with Crippen LogP contribution in [0.5, 0.6) is 0 Å². The highest BCUT2D eigenvalue weighted by atomic mass is 32.1. The van der Waals surface area contributed by atoms with Crippen LogP contribution in [0.4, 0.5) is 0 Å². The normalized spacial score (nSPS) is 14.0. The molecule has 2 heterocycles. The molecule has 0 bridgehead atoms. The van der Waals surface area contributed by atoms with E-state index >= 15 is 0 Å². The highest BCUT2D eigenvalue weighted by Crippen LogP contribution is 2.17. The average molecular weight is 292 g/mol. The van der Waals surface area contributed by atoms with Gasteiger partial charge < -0.3 is 11.1 Å². The molecule has 1 amide bonds. The number of carbonyl (C=O) groups is 1. The first-order valence-electron chi connectivity index (χ1n) is 6.55. The summed E-state index contributed by atoms with van der Waals surface area (Å²) in [5.74, 6) is -0.168. The summed E-state index contributed by atoms with van der Waals surface area (Å²) in [6.07, 6.45) is 4.21. The fraction of sp³-hybridized carbons (Fsp3) is 0.429. The minimum absolute atomic E-state index is 0.0586. The number of hydrogen-bond acceptors (Lipinski definition) is 4. The molecule has 0 fully saturated rings. The van der Waals surface area contributed by atoms with Gasteiger partial charge in [0.2, 0.25) is 5.91 Å². The van der Waals surface area contributed by atoms with Crippen LogP contribution in [0.1, 0.15) is 28.3 Å². The summed E-state index contributed by atoms with van der Waals surface area (Å²) in [5, 5.41) is 6.98. The molecule has 6 heteroatoms. The molecule has 2 rings (SSSR count). The van der Waals surface area contributed by atoms with Gasteiger partial charge in [-0.2, -0.15) is 5.10 Å². The molecule has 0 aliphatic carbocycles. The van der Waals surface area contributed by atoms with Crippen molar-refractivity contribution in [3.05, 3.63) is 39.8 Å². The van der Waals surface area contributed by atoms with Crippen molar-refractivity contribution in [2.45, 2.75) is 32.4 Å². The fourth-order valence-electron chi connectivity index (χ4n) is 2.03. The van der Waals surface area contributed by atoms with E-state index in [1.54, 1.807) is 35.5 Å². The Morgan fingerprint density at radius 3 is 2.85 bits per heavy atom. The van der Waals surface area contributed by atoms with Crippen molar-refractivity contribution in [2.24, 2.45) is 12.8 Å². The highest BCUT2D eigenvalue weighted by molar-refractivity contribution is 7.11. The zero-order chi connectivity index (χ0) is 14.7. The molecule has 2 aromatic heterocycles. The van der Waals surface area contributed by atoms with E-state index in [4.69, 9.17) is 5.73 Å². The molecular weight excluding hydrogens is 272 g/mol. The summed E-state index contributed by atoms with van der Waals surface area (Å²) in [4.78, 5) is 14.6. The second-order valence-corrected chi connectivity index (χ2v) is 6.42. The van der Waals surface area contributed by atoms with Crippen LogP contribution in [0.15, 0.2) is 24.5 Å². The summed E-state index contributed by atoms with van der Waals surface area (Å²) < 4.78 is 1.64. The molecule has 0 saturated heterocycles. The van der Waals surface area contributed by atoms with Gasteiger partial charge in [-0.3, -0.25) is 9.48 Å². The molecule has 2 unspecified atom stereocenters. The summed E-state index contributed by atoms with van der Waals surface area (Å²) >= 11 is 1.76. The first-order chi connectivity index (χ1) is 9.45. The zero-order valence-electron chi connectivity index (χ0n) is 12.0. The molecular formula is C14H20N4OS. The second-order valence-electron chi connectivity index (χ2n) is 5.05. The summed E-state index contributed by atoms with van der Waals surface area (Å²) in [6.45, 7) is 4.07. The minimum atomic E-state index is -0.670. The van der Waals surface area contributed by atoms with Crippen LogP contribution < -0.4 is 11.1 Å². The number of aromatic nitrogens is 2. The molecule has 2 atom stereocenters. The third-order valence-electron chi connectivity index (χ3n) is 3.06. The minimum Gasteiger partial charge on any atom is -0.352 e. The average Bonchev–Trinajstić information content (AvgIpc) is 2.97. The van der Waals surface area contributed by atoms with Crippen LogP contribution in [0, 0.1) is 6.92 Å². The number of nitrogens with two attached hydrogens (primary N) is 1. The maximum Gasteiger partial charge on any atom is 0.241 e. The van der Waals surface area contributed by atoms with E-state index in [1.807, 2.05) is 6.92 Å². The summed E-state index contributed by atoms with van der Waals surface area (Å²) in [5.41, 5.74) is 6.66. The van der Waals surface area contributed by atoms with Gasteiger partial charge in [0.15, 0.2) is 0 Å². The molecule has 0 saturated carbocycles. The Bertz CT molecular complexity index is 590. The largest absolute Gasteiger partial charge is 0.352 e. The third kappa shape index (κ3) is 3.68. The van der Waals surface area contributed by atoms with Crippen molar-refractivity contribution in [1.29, 1.82) is 0 Å². The molecule has 108 valence electrons. The van der Waals surface area contributed by atoms with Crippen LogP contribution >= 0.6 is 11.3 Å².